The Morgan fingerprint density at radius 3 is 1.89 bits per heavy atom. The molecule has 0 spiro atoms. The normalized spacial score (nSPS) is 13.6. The topological polar surface area (TPSA) is 95.6 Å². The lowest BCUT2D eigenvalue weighted by Gasteiger charge is -2.14. The number of likely N-dealkylation sites (tertiary alicyclic amines) is 1. The van der Waals surface area contributed by atoms with E-state index in [-0.39, 0.29) is 43.0 Å². The fraction of sp³-hybridized carbons (Fsp3) is 0.200. The van der Waals surface area contributed by atoms with Crippen molar-refractivity contribution < 1.29 is 19.2 Å². The van der Waals surface area contributed by atoms with Crippen molar-refractivity contribution in [3.63, 3.8) is 0 Å². The summed E-state index contributed by atoms with van der Waals surface area (Å²) in [6.07, 6.45) is 0.528. The Labute approximate surface area is 156 Å². The number of nitrogens with one attached hydrogen (secondary N) is 2. The summed E-state index contributed by atoms with van der Waals surface area (Å²) in [5, 5.41) is 5.43. The zero-order chi connectivity index (χ0) is 19.4. The summed E-state index contributed by atoms with van der Waals surface area (Å²) < 4.78 is 0. The lowest BCUT2D eigenvalue weighted by atomic mass is 10.1. The molecule has 1 heterocycles. The minimum absolute atomic E-state index is 0.162. The Kier molecular flexibility index (Phi) is 5.30. The molecular formula is C20H19N3O4. The highest BCUT2D eigenvalue weighted by atomic mass is 16.2. The van der Waals surface area contributed by atoms with Crippen molar-refractivity contribution in [3.8, 4) is 0 Å². The van der Waals surface area contributed by atoms with Crippen molar-refractivity contribution in [1.29, 1.82) is 0 Å². The van der Waals surface area contributed by atoms with Crippen LogP contribution < -0.4 is 10.6 Å². The number of nitrogens with zero attached hydrogens (tertiary/aromatic N) is 1. The van der Waals surface area contributed by atoms with Crippen LogP contribution in [0.4, 0.5) is 11.4 Å². The summed E-state index contributed by atoms with van der Waals surface area (Å²) in [5.41, 5.74) is 2.50. The van der Waals surface area contributed by atoms with E-state index in [9.17, 15) is 19.2 Å². The lowest BCUT2D eigenvalue weighted by Crippen LogP contribution is -2.28. The maximum absolute atomic E-state index is 12.3. The van der Waals surface area contributed by atoms with Gasteiger partial charge in [0, 0.05) is 36.7 Å². The molecule has 2 N–H and O–H groups in total. The molecule has 0 aromatic heterocycles. The molecular weight excluding hydrogens is 346 g/mol. The van der Waals surface area contributed by atoms with Gasteiger partial charge in [-0.1, -0.05) is 12.1 Å². The monoisotopic (exact) mass is 365 g/mol. The first-order valence-electron chi connectivity index (χ1n) is 8.53. The first-order valence-corrected chi connectivity index (χ1v) is 8.53. The molecule has 1 aliphatic rings. The molecule has 1 aliphatic heterocycles. The van der Waals surface area contributed by atoms with E-state index in [1.54, 1.807) is 48.5 Å². The Morgan fingerprint density at radius 2 is 1.37 bits per heavy atom. The van der Waals surface area contributed by atoms with E-state index in [0.29, 0.717) is 16.9 Å². The minimum Gasteiger partial charge on any atom is -0.326 e. The molecule has 0 atom stereocenters. The van der Waals surface area contributed by atoms with E-state index in [2.05, 4.69) is 10.6 Å². The number of imide groups is 1. The highest BCUT2D eigenvalue weighted by Gasteiger charge is 2.28. The van der Waals surface area contributed by atoms with E-state index in [1.165, 1.54) is 11.8 Å². The van der Waals surface area contributed by atoms with Crippen LogP contribution in [0.1, 0.15) is 35.7 Å². The van der Waals surface area contributed by atoms with Crippen LogP contribution in [0.15, 0.2) is 48.5 Å². The van der Waals surface area contributed by atoms with Gasteiger partial charge < -0.3 is 10.6 Å². The average Bonchev–Trinajstić information content (AvgIpc) is 2.95. The number of carbonyl (C=O) groups is 4. The molecule has 138 valence electrons. The van der Waals surface area contributed by atoms with E-state index in [4.69, 9.17) is 0 Å². The molecule has 3 rings (SSSR count). The number of amides is 4. The second kappa shape index (κ2) is 7.82. The van der Waals surface area contributed by atoms with Crippen LogP contribution in [0, 0.1) is 0 Å². The molecule has 0 aliphatic carbocycles. The quantitative estimate of drug-likeness (QED) is 0.796. The first kappa shape index (κ1) is 18.3. The zero-order valence-electron chi connectivity index (χ0n) is 14.8. The maximum atomic E-state index is 12.3. The van der Waals surface area contributed by atoms with Gasteiger partial charge >= 0.3 is 0 Å². The summed E-state index contributed by atoms with van der Waals surface area (Å²) in [5.74, 6) is -0.764. The first-order chi connectivity index (χ1) is 12.9. The number of rotatable bonds is 5. The Balaban J connectivity index is 1.61. The average molecular weight is 365 g/mol. The summed E-state index contributed by atoms with van der Waals surface area (Å²) in [6.45, 7) is 1.65. The third-order valence-electron chi connectivity index (χ3n) is 4.17. The predicted octanol–water partition coefficient (Wildman–Crippen LogP) is 2.55. The van der Waals surface area contributed by atoms with Gasteiger partial charge in [0.1, 0.15) is 0 Å². The standard InChI is InChI=1S/C20H19N3O4/c1-13(24)21-16-6-8-17(9-7-16)22-20(27)15-4-2-14(3-5-15)12-23-18(25)10-11-19(23)26/h2-9H,10-12H2,1H3,(H,21,24)(H,22,27). The van der Waals surface area contributed by atoms with Crippen LogP contribution in [0.3, 0.4) is 0 Å². The minimum atomic E-state index is -0.276. The van der Waals surface area contributed by atoms with Crippen molar-refractivity contribution >= 4 is 35.0 Å². The number of hydrogen-bond donors (Lipinski definition) is 2. The van der Waals surface area contributed by atoms with Gasteiger partial charge in [0.25, 0.3) is 5.91 Å². The van der Waals surface area contributed by atoms with Crippen LogP contribution in [0.25, 0.3) is 0 Å². The molecule has 0 saturated carbocycles. The highest BCUT2D eigenvalue weighted by molar-refractivity contribution is 6.04. The molecule has 27 heavy (non-hydrogen) atoms. The van der Waals surface area contributed by atoms with Crippen molar-refractivity contribution in [2.45, 2.75) is 26.3 Å². The lowest BCUT2D eigenvalue weighted by molar-refractivity contribution is -0.139. The van der Waals surface area contributed by atoms with Crippen molar-refractivity contribution in [3.05, 3.63) is 59.7 Å². The Morgan fingerprint density at radius 1 is 0.852 bits per heavy atom. The van der Waals surface area contributed by atoms with Crippen LogP contribution in [0.2, 0.25) is 0 Å². The third-order valence-corrected chi connectivity index (χ3v) is 4.17. The summed E-state index contributed by atoms with van der Waals surface area (Å²) in [4.78, 5) is 47.9. The van der Waals surface area contributed by atoms with Gasteiger partial charge in [-0.25, -0.2) is 0 Å². The molecule has 1 saturated heterocycles. The van der Waals surface area contributed by atoms with Gasteiger partial charge in [-0.3, -0.25) is 24.1 Å². The number of hydrogen-bond acceptors (Lipinski definition) is 4. The van der Waals surface area contributed by atoms with Gasteiger partial charge in [0.2, 0.25) is 17.7 Å². The van der Waals surface area contributed by atoms with Crippen molar-refractivity contribution in [2.24, 2.45) is 0 Å². The number of benzene rings is 2. The molecule has 7 nitrogen and oxygen atoms in total. The second-order valence-corrected chi connectivity index (χ2v) is 6.28. The molecule has 0 unspecified atom stereocenters. The molecule has 7 heteroatoms. The van der Waals surface area contributed by atoms with E-state index >= 15 is 0 Å². The molecule has 0 bridgehead atoms. The fourth-order valence-electron chi connectivity index (χ4n) is 2.79. The Hall–Kier alpha value is -3.48. The van der Waals surface area contributed by atoms with Gasteiger partial charge in [-0.05, 0) is 42.0 Å². The van der Waals surface area contributed by atoms with Gasteiger partial charge in [0.15, 0.2) is 0 Å². The van der Waals surface area contributed by atoms with E-state index in [0.717, 1.165) is 5.56 Å². The van der Waals surface area contributed by atoms with Crippen LogP contribution >= 0.6 is 0 Å². The van der Waals surface area contributed by atoms with Crippen LogP contribution in [0.5, 0.6) is 0 Å². The van der Waals surface area contributed by atoms with Crippen molar-refractivity contribution in [2.75, 3.05) is 10.6 Å². The van der Waals surface area contributed by atoms with E-state index in [1.807, 2.05) is 0 Å². The van der Waals surface area contributed by atoms with Gasteiger partial charge in [-0.2, -0.15) is 0 Å². The largest absolute Gasteiger partial charge is 0.326 e. The van der Waals surface area contributed by atoms with Crippen LogP contribution in [-0.2, 0) is 20.9 Å². The summed E-state index contributed by atoms with van der Waals surface area (Å²) in [7, 11) is 0. The number of carbonyl (C=O) groups excluding carboxylic acids is 4. The maximum Gasteiger partial charge on any atom is 0.255 e. The molecule has 2 aromatic rings. The Bertz CT molecular complexity index is 872. The van der Waals surface area contributed by atoms with Gasteiger partial charge in [-0.15, -0.1) is 0 Å². The summed E-state index contributed by atoms with van der Waals surface area (Å²) >= 11 is 0. The molecule has 1 fully saturated rings. The van der Waals surface area contributed by atoms with Crippen LogP contribution in [-0.4, -0.2) is 28.5 Å². The number of anilines is 2. The molecule has 2 aromatic carbocycles. The fourth-order valence-corrected chi connectivity index (χ4v) is 2.79. The van der Waals surface area contributed by atoms with E-state index < -0.39 is 0 Å². The molecule has 0 radical (unpaired) electrons. The van der Waals surface area contributed by atoms with Crippen molar-refractivity contribution in [1.82, 2.24) is 4.90 Å². The third kappa shape index (κ3) is 4.58. The highest BCUT2D eigenvalue weighted by Crippen LogP contribution is 2.17. The van der Waals surface area contributed by atoms with Gasteiger partial charge in [0.05, 0.1) is 6.54 Å². The smallest absolute Gasteiger partial charge is 0.255 e. The molecule has 4 amide bonds. The summed E-state index contributed by atoms with van der Waals surface area (Å²) in [6, 6.07) is 13.6. The zero-order valence-corrected chi connectivity index (χ0v) is 14.8. The second-order valence-electron chi connectivity index (χ2n) is 6.28. The predicted molar refractivity (Wildman–Crippen MR) is 99.9 cm³/mol. The SMILES string of the molecule is CC(=O)Nc1ccc(NC(=O)c2ccc(CN3C(=O)CCC3=O)cc2)cc1.